The Bertz CT molecular complexity index is 498. The summed E-state index contributed by atoms with van der Waals surface area (Å²) in [7, 11) is 0. The summed E-state index contributed by atoms with van der Waals surface area (Å²) < 4.78 is 0. The summed E-state index contributed by atoms with van der Waals surface area (Å²) in [6.45, 7) is 5.46. The Morgan fingerprint density at radius 2 is 2.25 bits per heavy atom. The van der Waals surface area contributed by atoms with Gasteiger partial charge in [0.1, 0.15) is 6.54 Å². The fourth-order valence-corrected chi connectivity index (χ4v) is 3.32. The summed E-state index contributed by atoms with van der Waals surface area (Å²) in [5, 5.41) is 11.0. The van der Waals surface area contributed by atoms with E-state index in [2.05, 4.69) is 0 Å². The average Bonchev–Trinajstić information content (AvgIpc) is 2.83. The summed E-state index contributed by atoms with van der Waals surface area (Å²) in [6, 6.07) is 1.88. The maximum Gasteiger partial charge on any atom is 0.323 e. The van der Waals surface area contributed by atoms with Gasteiger partial charge in [0.25, 0.3) is 0 Å². The molecule has 0 atom stereocenters. The van der Waals surface area contributed by atoms with Crippen LogP contribution >= 0.6 is 11.3 Å². The van der Waals surface area contributed by atoms with Crippen molar-refractivity contribution in [2.24, 2.45) is 5.92 Å². The van der Waals surface area contributed by atoms with Crippen molar-refractivity contribution in [3.8, 4) is 0 Å². The normalized spacial score (nSPS) is 14.2. The van der Waals surface area contributed by atoms with Crippen LogP contribution in [-0.4, -0.2) is 46.5 Å². The van der Waals surface area contributed by atoms with E-state index in [1.54, 1.807) is 16.2 Å². The first-order valence-electron chi connectivity index (χ1n) is 6.78. The number of aliphatic carboxylic acids is 1. The van der Waals surface area contributed by atoms with Crippen LogP contribution < -0.4 is 0 Å². The van der Waals surface area contributed by atoms with Gasteiger partial charge in [-0.05, 0) is 29.3 Å². The maximum atomic E-state index is 12.5. The van der Waals surface area contributed by atoms with Gasteiger partial charge in [-0.1, -0.05) is 13.8 Å². The van der Waals surface area contributed by atoms with Gasteiger partial charge in [-0.2, -0.15) is 0 Å². The largest absolute Gasteiger partial charge is 0.480 e. The van der Waals surface area contributed by atoms with Crippen LogP contribution in [0.15, 0.2) is 11.4 Å². The molecule has 0 fully saturated rings. The lowest BCUT2D eigenvalue weighted by Gasteiger charge is -2.33. The van der Waals surface area contributed by atoms with E-state index < -0.39 is 5.97 Å². The van der Waals surface area contributed by atoms with Gasteiger partial charge in [0.15, 0.2) is 0 Å². The van der Waals surface area contributed by atoms with Crippen LogP contribution in [0.3, 0.4) is 0 Å². The van der Waals surface area contributed by atoms with E-state index >= 15 is 0 Å². The summed E-state index contributed by atoms with van der Waals surface area (Å²) in [4.78, 5) is 27.9. The van der Waals surface area contributed by atoms with Crippen molar-refractivity contribution in [2.75, 3.05) is 19.6 Å². The van der Waals surface area contributed by atoms with Crippen molar-refractivity contribution in [1.82, 2.24) is 9.80 Å². The van der Waals surface area contributed by atoms with E-state index in [0.29, 0.717) is 19.6 Å². The number of carboxylic acid groups (broad SMARTS) is 1. The minimum absolute atomic E-state index is 0.169. The molecule has 5 nitrogen and oxygen atoms in total. The fraction of sp³-hybridized carbons (Fsp3) is 0.571. The number of hydrogen-bond donors (Lipinski definition) is 1. The van der Waals surface area contributed by atoms with E-state index in [1.165, 1.54) is 15.3 Å². The van der Waals surface area contributed by atoms with Crippen molar-refractivity contribution >= 4 is 23.3 Å². The smallest absolute Gasteiger partial charge is 0.323 e. The lowest BCUT2D eigenvalue weighted by atomic mass is 10.1. The lowest BCUT2D eigenvalue weighted by molar-refractivity contribution is -0.137. The minimum Gasteiger partial charge on any atom is -0.480 e. The Kier molecular flexibility index (Phi) is 4.65. The highest BCUT2D eigenvalue weighted by atomic mass is 32.1. The highest BCUT2D eigenvalue weighted by Crippen LogP contribution is 2.24. The monoisotopic (exact) mass is 296 g/mol. The predicted molar refractivity (Wildman–Crippen MR) is 77.9 cm³/mol. The van der Waals surface area contributed by atoms with Gasteiger partial charge >= 0.3 is 12.0 Å². The molecule has 1 aromatic heterocycles. The van der Waals surface area contributed by atoms with E-state index in [1.807, 2.05) is 25.3 Å². The van der Waals surface area contributed by atoms with E-state index in [-0.39, 0.29) is 18.5 Å². The number of carboxylic acids is 1. The summed E-state index contributed by atoms with van der Waals surface area (Å²) in [5.74, 6) is -0.716. The molecule has 2 amide bonds. The zero-order valence-corrected chi connectivity index (χ0v) is 12.7. The molecule has 0 saturated heterocycles. The number of amides is 2. The number of carbonyl (C=O) groups excluding carboxylic acids is 1. The van der Waals surface area contributed by atoms with Crippen molar-refractivity contribution in [3.63, 3.8) is 0 Å². The second kappa shape index (κ2) is 6.26. The SMILES string of the molecule is CC(C)CN(CC(=O)O)C(=O)N1CCc2sccc2C1. The van der Waals surface area contributed by atoms with Crippen LogP contribution in [0.4, 0.5) is 4.79 Å². The Labute approximate surface area is 122 Å². The van der Waals surface area contributed by atoms with E-state index in [0.717, 1.165) is 6.42 Å². The molecule has 1 aromatic rings. The molecule has 2 heterocycles. The highest BCUT2D eigenvalue weighted by molar-refractivity contribution is 7.10. The molecule has 0 radical (unpaired) electrons. The number of carbonyl (C=O) groups is 2. The van der Waals surface area contributed by atoms with Gasteiger partial charge in [0.05, 0.1) is 0 Å². The molecule has 1 aliphatic heterocycles. The molecule has 0 bridgehead atoms. The van der Waals surface area contributed by atoms with Gasteiger partial charge in [-0.3, -0.25) is 4.79 Å². The van der Waals surface area contributed by atoms with Gasteiger partial charge < -0.3 is 14.9 Å². The van der Waals surface area contributed by atoms with Crippen LogP contribution in [-0.2, 0) is 17.8 Å². The lowest BCUT2D eigenvalue weighted by Crippen LogP contribution is -2.48. The summed E-state index contributed by atoms with van der Waals surface area (Å²) >= 11 is 1.72. The maximum absolute atomic E-state index is 12.5. The second-order valence-electron chi connectivity index (χ2n) is 5.49. The zero-order valence-electron chi connectivity index (χ0n) is 11.8. The van der Waals surface area contributed by atoms with Crippen molar-refractivity contribution < 1.29 is 14.7 Å². The summed E-state index contributed by atoms with van der Waals surface area (Å²) in [5.41, 5.74) is 1.19. The number of thiophene rings is 1. The molecular weight excluding hydrogens is 276 g/mol. The molecule has 0 aromatic carbocycles. The van der Waals surface area contributed by atoms with Crippen molar-refractivity contribution in [2.45, 2.75) is 26.8 Å². The van der Waals surface area contributed by atoms with E-state index in [4.69, 9.17) is 5.11 Å². The molecule has 0 saturated carbocycles. The molecule has 0 aliphatic carbocycles. The second-order valence-corrected chi connectivity index (χ2v) is 6.49. The number of urea groups is 1. The number of nitrogens with zero attached hydrogens (tertiary/aromatic N) is 2. The molecule has 0 unspecified atom stereocenters. The van der Waals surface area contributed by atoms with Crippen molar-refractivity contribution in [3.05, 3.63) is 21.9 Å². The standard InChI is InChI=1S/C14H20N2O3S/c1-10(2)7-16(9-13(17)18)14(19)15-5-3-12-11(8-15)4-6-20-12/h4,6,10H,3,5,7-9H2,1-2H3,(H,17,18). The molecule has 2 rings (SSSR count). The number of hydrogen-bond acceptors (Lipinski definition) is 3. The van der Waals surface area contributed by atoms with Gasteiger partial charge in [0.2, 0.25) is 0 Å². The Morgan fingerprint density at radius 1 is 1.50 bits per heavy atom. The molecule has 20 heavy (non-hydrogen) atoms. The third-order valence-electron chi connectivity index (χ3n) is 3.26. The van der Waals surface area contributed by atoms with Crippen LogP contribution in [0.2, 0.25) is 0 Å². The first-order valence-corrected chi connectivity index (χ1v) is 7.66. The van der Waals surface area contributed by atoms with Crippen LogP contribution in [0.1, 0.15) is 24.3 Å². The minimum atomic E-state index is -0.966. The Hall–Kier alpha value is -1.56. The third kappa shape index (κ3) is 3.50. The number of rotatable bonds is 4. The number of fused-ring (bicyclic) bond motifs is 1. The molecule has 6 heteroatoms. The van der Waals surface area contributed by atoms with Crippen molar-refractivity contribution in [1.29, 1.82) is 0 Å². The molecule has 1 aliphatic rings. The quantitative estimate of drug-likeness (QED) is 0.927. The Morgan fingerprint density at radius 3 is 2.90 bits per heavy atom. The topological polar surface area (TPSA) is 60.9 Å². The molecule has 1 N–H and O–H groups in total. The predicted octanol–water partition coefficient (Wildman–Crippen LogP) is 2.27. The third-order valence-corrected chi connectivity index (χ3v) is 4.28. The molecular formula is C14H20N2O3S. The van der Waals surface area contributed by atoms with E-state index in [9.17, 15) is 9.59 Å². The fourth-order valence-electron chi connectivity index (χ4n) is 2.43. The first-order chi connectivity index (χ1) is 9.47. The van der Waals surface area contributed by atoms with Crippen LogP contribution in [0.5, 0.6) is 0 Å². The highest BCUT2D eigenvalue weighted by Gasteiger charge is 2.27. The summed E-state index contributed by atoms with van der Waals surface area (Å²) in [6.07, 6.45) is 0.862. The van der Waals surface area contributed by atoms with Gasteiger partial charge in [-0.15, -0.1) is 11.3 Å². The van der Waals surface area contributed by atoms with Gasteiger partial charge in [0, 0.05) is 24.5 Å². The molecule has 0 spiro atoms. The Balaban J connectivity index is 2.06. The van der Waals surface area contributed by atoms with Crippen LogP contribution in [0.25, 0.3) is 0 Å². The average molecular weight is 296 g/mol. The molecule has 110 valence electrons. The van der Waals surface area contributed by atoms with Gasteiger partial charge in [-0.25, -0.2) is 4.79 Å². The first kappa shape index (κ1) is 14.8. The zero-order chi connectivity index (χ0) is 14.7. The van der Waals surface area contributed by atoms with Crippen LogP contribution in [0, 0.1) is 5.92 Å².